The van der Waals surface area contributed by atoms with Crippen molar-refractivity contribution in [3.63, 3.8) is 0 Å². The Kier molecular flexibility index (Phi) is 20.5. The van der Waals surface area contributed by atoms with Crippen molar-refractivity contribution >= 4 is 8.80 Å². The van der Waals surface area contributed by atoms with Crippen LogP contribution < -0.4 is 0 Å². The summed E-state index contributed by atoms with van der Waals surface area (Å²) < 4.78 is 0. The maximum Gasteiger partial charge on any atom is 0.0365 e. The fraction of sp³-hybridized carbons (Fsp3) is 1.00. The molecule has 0 radical (unpaired) electrons. The average Bonchev–Trinajstić information content (AvgIpc) is 2.57. The minimum Gasteiger partial charge on any atom is -0.0680 e. The lowest BCUT2D eigenvalue weighted by atomic mass is 10.1. The van der Waals surface area contributed by atoms with E-state index >= 15 is 0 Å². The summed E-state index contributed by atoms with van der Waals surface area (Å²) in [7, 11) is -0.353. The molecule has 0 nitrogen and oxygen atoms in total. The molecule has 0 rings (SSSR count). The van der Waals surface area contributed by atoms with Gasteiger partial charge in [0.15, 0.2) is 0 Å². The third-order valence-corrected chi connectivity index (χ3v) is 9.11. The Morgan fingerprint density at radius 2 is 0.696 bits per heavy atom. The molecule has 0 bridgehead atoms. The zero-order chi connectivity index (χ0) is 17.0. The highest BCUT2D eigenvalue weighted by molar-refractivity contribution is 6.58. The number of unbranched alkanes of at least 4 members (excludes halogenated alkanes) is 14. The van der Waals surface area contributed by atoms with E-state index in [2.05, 4.69) is 20.8 Å². The first-order valence-electron chi connectivity index (χ1n) is 11.3. The van der Waals surface area contributed by atoms with Gasteiger partial charge >= 0.3 is 0 Å². The molecule has 0 heterocycles. The van der Waals surface area contributed by atoms with Crippen molar-refractivity contribution in [3.05, 3.63) is 0 Å². The third kappa shape index (κ3) is 18.4. The molecular weight excluding hydrogens is 292 g/mol. The molecule has 0 aliphatic carbocycles. The van der Waals surface area contributed by atoms with E-state index in [1.54, 1.807) is 31.0 Å². The highest BCUT2D eigenvalue weighted by Crippen LogP contribution is 2.17. The molecule has 0 spiro atoms. The second-order valence-electron chi connectivity index (χ2n) is 7.80. The lowest BCUT2D eigenvalue weighted by molar-refractivity contribution is 0.580. The van der Waals surface area contributed by atoms with E-state index in [1.807, 2.05) is 0 Å². The van der Waals surface area contributed by atoms with Crippen LogP contribution >= 0.6 is 0 Å². The van der Waals surface area contributed by atoms with Gasteiger partial charge in [-0.15, -0.1) is 0 Å². The first kappa shape index (κ1) is 23.2. The van der Waals surface area contributed by atoms with Crippen LogP contribution in [0.1, 0.15) is 124 Å². The van der Waals surface area contributed by atoms with Crippen LogP contribution in [-0.2, 0) is 0 Å². The molecule has 0 fully saturated rings. The Morgan fingerprint density at radius 1 is 0.391 bits per heavy atom. The minimum absolute atomic E-state index is 0.353. The van der Waals surface area contributed by atoms with Crippen LogP contribution in [0.2, 0.25) is 18.1 Å². The van der Waals surface area contributed by atoms with Gasteiger partial charge in [0.05, 0.1) is 0 Å². The Hall–Kier alpha value is 0.217. The maximum absolute atomic E-state index is 2.46. The molecule has 140 valence electrons. The molecule has 0 atom stereocenters. The highest BCUT2D eigenvalue weighted by Gasteiger charge is 2.07. The van der Waals surface area contributed by atoms with E-state index in [9.17, 15) is 0 Å². The van der Waals surface area contributed by atoms with Crippen molar-refractivity contribution in [2.24, 2.45) is 0 Å². The molecule has 0 aromatic rings. The van der Waals surface area contributed by atoms with Gasteiger partial charge in [0.2, 0.25) is 0 Å². The van der Waals surface area contributed by atoms with Crippen molar-refractivity contribution in [2.45, 2.75) is 142 Å². The normalized spacial score (nSPS) is 11.5. The molecule has 0 amide bonds. The molecule has 0 aromatic carbocycles. The van der Waals surface area contributed by atoms with Crippen molar-refractivity contribution in [2.75, 3.05) is 0 Å². The standard InChI is InChI=1S/C22H48Si/c1-4-7-9-11-13-15-17-19-21-23(6-3)22-20-18-16-14-12-10-8-5-2/h23H,4-22H2,1-3H3. The smallest absolute Gasteiger partial charge is 0.0365 e. The van der Waals surface area contributed by atoms with Crippen molar-refractivity contribution < 1.29 is 0 Å². The number of hydrogen-bond donors (Lipinski definition) is 0. The van der Waals surface area contributed by atoms with E-state index in [0.29, 0.717) is 0 Å². The molecule has 23 heavy (non-hydrogen) atoms. The summed E-state index contributed by atoms with van der Waals surface area (Å²) in [5, 5.41) is 0. The Morgan fingerprint density at radius 3 is 1.00 bits per heavy atom. The third-order valence-electron chi connectivity index (χ3n) is 5.51. The van der Waals surface area contributed by atoms with Crippen molar-refractivity contribution in [1.29, 1.82) is 0 Å². The Balaban J connectivity index is 3.29. The van der Waals surface area contributed by atoms with Gasteiger partial charge < -0.3 is 0 Å². The predicted octanol–water partition coefficient (Wildman–Crippen LogP) is 8.51. The molecule has 0 aliphatic heterocycles. The maximum atomic E-state index is 2.46. The van der Waals surface area contributed by atoms with Crippen LogP contribution in [0.5, 0.6) is 0 Å². The van der Waals surface area contributed by atoms with E-state index in [1.165, 1.54) is 89.9 Å². The van der Waals surface area contributed by atoms with Crippen LogP contribution in [0, 0.1) is 0 Å². The zero-order valence-corrected chi connectivity index (χ0v) is 18.2. The fourth-order valence-corrected chi connectivity index (χ4v) is 6.52. The molecule has 0 saturated heterocycles. The lowest BCUT2D eigenvalue weighted by Gasteiger charge is -2.13. The lowest BCUT2D eigenvalue weighted by Crippen LogP contribution is -2.10. The quantitative estimate of drug-likeness (QED) is 0.163. The summed E-state index contributed by atoms with van der Waals surface area (Å²) in [5.41, 5.74) is 0. The minimum atomic E-state index is -0.353. The molecule has 0 N–H and O–H groups in total. The van der Waals surface area contributed by atoms with Gasteiger partial charge in [-0.2, -0.15) is 0 Å². The van der Waals surface area contributed by atoms with Crippen LogP contribution in [0.25, 0.3) is 0 Å². The largest absolute Gasteiger partial charge is 0.0680 e. The molecule has 0 saturated carbocycles. The van der Waals surface area contributed by atoms with Gasteiger partial charge in [0, 0.05) is 8.80 Å². The molecule has 0 aliphatic rings. The Labute approximate surface area is 150 Å². The number of hydrogen-bond acceptors (Lipinski definition) is 0. The monoisotopic (exact) mass is 340 g/mol. The van der Waals surface area contributed by atoms with Gasteiger partial charge in [-0.1, -0.05) is 142 Å². The molecule has 0 aromatic heterocycles. The second-order valence-corrected chi connectivity index (χ2v) is 11.5. The first-order chi connectivity index (χ1) is 11.3. The molecular formula is C22H48Si. The van der Waals surface area contributed by atoms with Crippen LogP contribution in [0.3, 0.4) is 0 Å². The van der Waals surface area contributed by atoms with Crippen LogP contribution in [0.15, 0.2) is 0 Å². The highest BCUT2D eigenvalue weighted by atomic mass is 28.3. The Bertz CT molecular complexity index is 182. The van der Waals surface area contributed by atoms with Crippen LogP contribution in [-0.4, -0.2) is 8.80 Å². The summed E-state index contributed by atoms with van der Waals surface area (Å²) >= 11 is 0. The summed E-state index contributed by atoms with van der Waals surface area (Å²) in [5.74, 6) is 0. The second kappa shape index (κ2) is 20.3. The first-order valence-corrected chi connectivity index (χ1v) is 13.8. The van der Waals surface area contributed by atoms with E-state index in [-0.39, 0.29) is 8.80 Å². The van der Waals surface area contributed by atoms with E-state index < -0.39 is 0 Å². The van der Waals surface area contributed by atoms with E-state index in [0.717, 1.165) is 0 Å². The molecule has 1 heteroatoms. The van der Waals surface area contributed by atoms with Gasteiger partial charge in [-0.25, -0.2) is 0 Å². The summed E-state index contributed by atoms with van der Waals surface area (Å²) in [6, 6.07) is 4.83. The predicted molar refractivity (Wildman–Crippen MR) is 112 cm³/mol. The van der Waals surface area contributed by atoms with Crippen LogP contribution in [0.4, 0.5) is 0 Å². The molecule has 0 unspecified atom stereocenters. The average molecular weight is 341 g/mol. The topological polar surface area (TPSA) is 0 Å². The number of rotatable bonds is 19. The van der Waals surface area contributed by atoms with E-state index in [4.69, 9.17) is 0 Å². The van der Waals surface area contributed by atoms with Gasteiger partial charge in [-0.05, 0) is 0 Å². The summed E-state index contributed by atoms with van der Waals surface area (Å²) in [4.78, 5) is 0. The van der Waals surface area contributed by atoms with Gasteiger partial charge in [0.25, 0.3) is 0 Å². The summed E-state index contributed by atoms with van der Waals surface area (Å²) in [6.45, 7) is 7.08. The van der Waals surface area contributed by atoms with Crippen molar-refractivity contribution in [1.82, 2.24) is 0 Å². The van der Waals surface area contributed by atoms with Gasteiger partial charge in [0.1, 0.15) is 0 Å². The zero-order valence-electron chi connectivity index (χ0n) is 17.0. The fourth-order valence-electron chi connectivity index (χ4n) is 3.69. The summed E-state index contributed by atoms with van der Waals surface area (Å²) in [6.07, 6.45) is 23.7. The van der Waals surface area contributed by atoms with Crippen molar-refractivity contribution in [3.8, 4) is 0 Å². The SMILES string of the molecule is CCCCCCCCCC[SiH](CC)CCCCCCCCCC. The van der Waals surface area contributed by atoms with Gasteiger partial charge in [-0.3, -0.25) is 0 Å².